The van der Waals surface area contributed by atoms with Crippen LogP contribution in [0.3, 0.4) is 0 Å². The van der Waals surface area contributed by atoms with Crippen molar-refractivity contribution in [3.63, 3.8) is 0 Å². The van der Waals surface area contributed by atoms with Gasteiger partial charge in [0.05, 0.1) is 11.1 Å². The van der Waals surface area contributed by atoms with E-state index in [1.807, 2.05) is 0 Å². The Kier molecular flexibility index (Phi) is 4.30. The number of halogens is 1. The maximum Gasteiger partial charge on any atom is 0.251 e. The van der Waals surface area contributed by atoms with Crippen LogP contribution < -0.4 is 0 Å². The highest BCUT2D eigenvalue weighted by Gasteiger charge is 2.37. The molecule has 2 rings (SSSR count). The predicted octanol–water partition coefficient (Wildman–Crippen LogP) is 0.854. The highest BCUT2D eigenvalue weighted by molar-refractivity contribution is 7.89. The van der Waals surface area contributed by atoms with Gasteiger partial charge < -0.3 is 10.0 Å². The van der Waals surface area contributed by atoms with Crippen LogP contribution in [0.2, 0.25) is 5.02 Å². The van der Waals surface area contributed by atoms with Crippen molar-refractivity contribution in [3.8, 4) is 0 Å². The highest BCUT2D eigenvalue weighted by Crippen LogP contribution is 2.34. The van der Waals surface area contributed by atoms with Crippen molar-refractivity contribution in [3.05, 3.63) is 28.8 Å². The first kappa shape index (κ1) is 16.2. The van der Waals surface area contributed by atoms with Crippen LogP contribution in [0.15, 0.2) is 23.1 Å². The summed E-state index contributed by atoms with van der Waals surface area (Å²) in [5.41, 5.74) is 0.632. The summed E-state index contributed by atoms with van der Waals surface area (Å²) >= 11 is 5.99. The Hall–Kier alpha value is -1.15. The lowest BCUT2D eigenvalue weighted by molar-refractivity contribution is -0.134. The quantitative estimate of drug-likeness (QED) is 0.890. The van der Waals surface area contributed by atoms with Crippen molar-refractivity contribution in [2.75, 3.05) is 21.1 Å². The van der Waals surface area contributed by atoms with E-state index in [2.05, 4.69) is 0 Å². The molecule has 0 aromatic heterocycles. The zero-order valence-corrected chi connectivity index (χ0v) is 13.5. The lowest BCUT2D eigenvalue weighted by atomic mass is 10.0. The second kappa shape index (κ2) is 5.57. The van der Waals surface area contributed by atoms with Crippen molar-refractivity contribution in [1.82, 2.24) is 9.21 Å². The first-order valence-corrected chi connectivity index (χ1v) is 8.14. The number of carbonyl (C=O) groups excluding carboxylic acids is 1. The van der Waals surface area contributed by atoms with Gasteiger partial charge in [0.1, 0.15) is 11.0 Å². The van der Waals surface area contributed by atoms with Gasteiger partial charge in [-0.3, -0.25) is 4.79 Å². The van der Waals surface area contributed by atoms with Gasteiger partial charge in [-0.15, -0.1) is 0 Å². The van der Waals surface area contributed by atoms with Crippen molar-refractivity contribution >= 4 is 27.5 Å². The number of hydrogen-bond donors (Lipinski definition) is 1. The molecule has 0 bridgehead atoms. The second-order valence-electron chi connectivity index (χ2n) is 5.19. The number of benzene rings is 1. The molecule has 0 radical (unpaired) electrons. The van der Waals surface area contributed by atoms with E-state index in [0.717, 1.165) is 4.31 Å². The average molecular weight is 333 g/mol. The number of hydrogen-bond acceptors (Lipinski definition) is 4. The zero-order chi connectivity index (χ0) is 15.9. The van der Waals surface area contributed by atoms with Crippen LogP contribution in [0, 0.1) is 0 Å². The third-order valence-electron chi connectivity index (χ3n) is 3.65. The number of likely N-dealkylation sites (N-methyl/N-ethyl adjacent to an activating group) is 1. The average Bonchev–Trinajstić information content (AvgIpc) is 2.67. The normalized spacial score (nSPS) is 23.1. The number of sulfonamides is 1. The lowest BCUT2D eigenvalue weighted by Crippen LogP contribution is -2.27. The summed E-state index contributed by atoms with van der Waals surface area (Å²) in [6.07, 6.45) is -0.817. The first-order chi connectivity index (χ1) is 9.66. The Balaban J connectivity index is 2.48. The molecule has 116 valence electrons. The van der Waals surface area contributed by atoms with Crippen molar-refractivity contribution < 1.29 is 18.3 Å². The van der Waals surface area contributed by atoms with Crippen molar-refractivity contribution in [2.24, 2.45) is 0 Å². The molecule has 1 aromatic rings. The number of aliphatic hydroxyl groups excluding tert-OH is 1. The van der Waals surface area contributed by atoms with E-state index in [-0.39, 0.29) is 28.3 Å². The number of rotatable bonds is 3. The van der Waals surface area contributed by atoms with E-state index in [4.69, 9.17) is 11.6 Å². The Bertz CT molecular complexity index is 675. The van der Waals surface area contributed by atoms with Gasteiger partial charge in [0.2, 0.25) is 10.0 Å². The molecule has 8 heteroatoms. The predicted molar refractivity (Wildman–Crippen MR) is 78.5 cm³/mol. The van der Waals surface area contributed by atoms with Gasteiger partial charge >= 0.3 is 0 Å². The van der Waals surface area contributed by atoms with Crippen LogP contribution in [0.4, 0.5) is 0 Å². The van der Waals surface area contributed by atoms with E-state index in [1.165, 1.54) is 31.1 Å². The second-order valence-corrected chi connectivity index (χ2v) is 7.72. The van der Waals surface area contributed by atoms with E-state index < -0.39 is 16.1 Å². The van der Waals surface area contributed by atoms with Gasteiger partial charge in [0.15, 0.2) is 0 Å². The Labute approximate surface area is 129 Å². The largest absolute Gasteiger partial charge is 0.383 e. The summed E-state index contributed by atoms with van der Waals surface area (Å²) in [7, 11) is 0.760. The molecule has 1 saturated heterocycles. The minimum atomic E-state index is -3.67. The van der Waals surface area contributed by atoms with Crippen molar-refractivity contribution in [2.45, 2.75) is 23.5 Å². The smallest absolute Gasteiger partial charge is 0.251 e. The molecule has 21 heavy (non-hydrogen) atoms. The van der Waals surface area contributed by atoms with E-state index in [0.29, 0.717) is 5.56 Å². The SMILES string of the molecule is CN1C(=O)C(O)CC1c1ccc(Cl)c(S(=O)(=O)N(C)C)c1. The van der Waals surface area contributed by atoms with Gasteiger partial charge in [-0.1, -0.05) is 17.7 Å². The summed E-state index contributed by atoms with van der Waals surface area (Å²) in [6, 6.07) is 4.27. The fourth-order valence-electron chi connectivity index (χ4n) is 2.34. The van der Waals surface area contributed by atoms with Gasteiger partial charge in [0.25, 0.3) is 5.91 Å². The minimum Gasteiger partial charge on any atom is -0.383 e. The molecular formula is C13H17ClN2O4S. The van der Waals surface area contributed by atoms with Crippen LogP contribution in [0.1, 0.15) is 18.0 Å². The fourth-order valence-corrected chi connectivity index (χ4v) is 3.74. The monoisotopic (exact) mass is 332 g/mol. The third-order valence-corrected chi connectivity index (χ3v) is 5.94. The molecule has 1 N–H and O–H groups in total. The van der Waals surface area contributed by atoms with Gasteiger partial charge in [-0.05, 0) is 17.7 Å². The molecule has 1 heterocycles. The minimum absolute atomic E-state index is 0.00564. The summed E-state index contributed by atoms with van der Waals surface area (Å²) < 4.78 is 25.6. The number of nitrogens with zero attached hydrogens (tertiary/aromatic N) is 2. The standard InChI is InChI=1S/C13H17ClN2O4S/c1-15(2)21(19,20)12-6-8(4-5-9(12)14)10-7-11(17)13(18)16(10)3/h4-6,10-11,17H,7H2,1-3H3. The molecule has 0 saturated carbocycles. The molecule has 2 unspecified atom stereocenters. The van der Waals surface area contributed by atoms with Gasteiger partial charge in [0, 0.05) is 27.6 Å². The van der Waals surface area contributed by atoms with Crippen LogP contribution in [-0.2, 0) is 14.8 Å². The van der Waals surface area contributed by atoms with Crippen LogP contribution in [0.25, 0.3) is 0 Å². The Morgan fingerprint density at radius 2 is 2.00 bits per heavy atom. The van der Waals surface area contributed by atoms with E-state index in [9.17, 15) is 18.3 Å². The molecule has 1 aliphatic heterocycles. The van der Waals surface area contributed by atoms with Gasteiger partial charge in [-0.25, -0.2) is 12.7 Å². The van der Waals surface area contributed by atoms with Crippen LogP contribution in [-0.4, -0.2) is 55.9 Å². The zero-order valence-electron chi connectivity index (χ0n) is 11.9. The fraction of sp³-hybridized carbons (Fsp3) is 0.462. The summed E-state index contributed by atoms with van der Waals surface area (Å²) in [4.78, 5) is 13.1. The molecule has 1 aliphatic rings. The number of likely N-dealkylation sites (tertiary alicyclic amines) is 1. The first-order valence-electron chi connectivity index (χ1n) is 6.33. The maximum absolute atomic E-state index is 12.2. The molecule has 0 spiro atoms. The number of aliphatic hydroxyl groups is 1. The Morgan fingerprint density at radius 1 is 1.38 bits per heavy atom. The summed E-state index contributed by atoms with van der Waals surface area (Å²) in [6.45, 7) is 0. The van der Waals surface area contributed by atoms with Crippen molar-refractivity contribution in [1.29, 1.82) is 0 Å². The highest BCUT2D eigenvalue weighted by atomic mass is 35.5. The third kappa shape index (κ3) is 2.78. The van der Waals surface area contributed by atoms with E-state index >= 15 is 0 Å². The van der Waals surface area contributed by atoms with Crippen LogP contribution in [0.5, 0.6) is 0 Å². The molecule has 2 atom stereocenters. The van der Waals surface area contributed by atoms with E-state index in [1.54, 1.807) is 13.1 Å². The molecule has 1 aromatic carbocycles. The molecule has 1 amide bonds. The lowest BCUT2D eigenvalue weighted by Gasteiger charge is -2.21. The maximum atomic E-state index is 12.2. The van der Waals surface area contributed by atoms with Gasteiger partial charge in [-0.2, -0.15) is 0 Å². The summed E-state index contributed by atoms with van der Waals surface area (Å²) in [5.74, 6) is -0.369. The molecule has 6 nitrogen and oxygen atoms in total. The summed E-state index contributed by atoms with van der Waals surface area (Å²) in [5, 5.41) is 9.75. The molecular weight excluding hydrogens is 316 g/mol. The number of amides is 1. The number of carbonyl (C=O) groups is 1. The molecule has 0 aliphatic carbocycles. The van der Waals surface area contributed by atoms with Crippen LogP contribution >= 0.6 is 11.6 Å². The Morgan fingerprint density at radius 3 is 2.48 bits per heavy atom. The molecule has 1 fully saturated rings. The topological polar surface area (TPSA) is 77.9 Å².